The zero-order valence-electron chi connectivity index (χ0n) is 15.9. The van der Waals surface area contributed by atoms with Gasteiger partial charge < -0.3 is 10.6 Å². The molecule has 0 spiro atoms. The highest BCUT2D eigenvalue weighted by Crippen LogP contribution is 2.48. The maximum Gasteiger partial charge on any atom is 0.251 e. The summed E-state index contributed by atoms with van der Waals surface area (Å²) in [4.78, 5) is 24.7. The number of hydrogen-bond acceptors (Lipinski definition) is 2. The zero-order valence-corrected chi connectivity index (χ0v) is 17.5. The van der Waals surface area contributed by atoms with Gasteiger partial charge in [-0.1, -0.05) is 41.9 Å². The van der Waals surface area contributed by atoms with E-state index in [0.717, 1.165) is 22.1 Å². The van der Waals surface area contributed by atoms with Crippen molar-refractivity contribution in [1.29, 1.82) is 0 Å². The van der Waals surface area contributed by atoms with E-state index in [2.05, 4.69) is 52.5 Å². The number of hydrogen-bond donors (Lipinski definition) is 2. The second-order valence-corrected chi connectivity index (χ2v) is 8.54. The highest BCUT2D eigenvalue weighted by molar-refractivity contribution is 9.10. The minimum atomic E-state index is -0.0813. The van der Waals surface area contributed by atoms with E-state index in [1.54, 1.807) is 6.07 Å². The van der Waals surface area contributed by atoms with Crippen LogP contribution in [0.3, 0.4) is 0 Å². The molecule has 2 amide bonds. The highest BCUT2D eigenvalue weighted by Gasteiger charge is 2.43. The lowest BCUT2D eigenvalue weighted by Crippen LogP contribution is -2.27. The van der Waals surface area contributed by atoms with E-state index in [-0.39, 0.29) is 17.7 Å². The number of carbonyl (C=O) groups excluding carboxylic acids is 2. The lowest BCUT2D eigenvalue weighted by molar-refractivity contribution is -0.117. The third-order valence-corrected chi connectivity index (χ3v) is 5.37. The molecule has 2 N–H and O–H groups in total. The van der Waals surface area contributed by atoms with Gasteiger partial charge in [-0.05, 0) is 66.6 Å². The Kier molecular flexibility index (Phi) is 6.00. The molecule has 0 radical (unpaired) electrons. The van der Waals surface area contributed by atoms with E-state index in [4.69, 9.17) is 0 Å². The molecule has 2 unspecified atom stereocenters. The summed E-state index contributed by atoms with van der Waals surface area (Å²) in [5, 5.41) is 5.93. The predicted octanol–water partition coefficient (Wildman–Crippen LogP) is 4.89. The van der Waals surface area contributed by atoms with Crippen LogP contribution in [0.5, 0.6) is 0 Å². The number of amides is 2. The predicted molar refractivity (Wildman–Crippen MR) is 112 cm³/mol. The van der Waals surface area contributed by atoms with Crippen LogP contribution in [0.1, 0.15) is 47.7 Å². The van der Waals surface area contributed by atoms with Crippen LogP contribution in [0.4, 0.5) is 5.69 Å². The fourth-order valence-electron chi connectivity index (χ4n) is 3.13. The number of nitrogens with one attached hydrogen (secondary N) is 2. The van der Waals surface area contributed by atoms with Gasteiger partial charge in [-0.3, -0.25) is 9.59 Å². The van der Waals surface area contributed by atoms with Gasteiger partial charge in [-0.15, -0.1) is 0 Å². The standard InChI is InChI=1S/C22H25BrN2O2/c1-13(2)12-24-21(26)16-6-9-20(14(3)10-16)25-22(27)19-11-18(19)15-4-7-17(23)8-5-15/h4-10,13,18-19H,11-12H2,1-3H3,(H,24,26)(H,25,27). The summed E-state index contributed by atoms with van der Waals surface area (Å²) in [5.41, 5.74) is 3.47. The number of rotatable bonds is 6. The second-order valence-electron chi connectivity index (χ2n) is 7.62. The first-order valence-electron chi connectivity index (χ1n) is 9.30. The van der Waals surface area contributed by atoms with Crippen LogP contribution in [0.15, 0.2) is 46.9 Å². The van der Waals surface area contributed by atoms with Crippen molar-refractivity contribution in [2.24, 2.45) is 11.8 Å². The van der Waals surface area contributed by atoms with Crippen LogP contribution in [-0.2, 0) is 4.79 Å². The number of carbonyl (C=O) groups is 2. The molecule has 3 rings (SSSR count). The molecule has 27 heavy (non-hydrogen) atoms. The third kappa shape index (κ3) is 4.98. The van der Waals surface area contributed by atoms with Crippen LogP contribution in [0, 0.1) is 18.8 Å². The van der Waals surface area contributed by atoms with Gasteiger partial charge in [0, 0.05) is 28.2 Å². The largest absolute Gasteiger partial charge is 0.352 e. The van der Waals surface area contributed by atoms with E-state index in [9.17, 15) is 9.59 Å². The van der Waals surface area contributed by atoms with Gasteiger partial charge in [-0.2, -0.15) is 0 Å². The fraction of sp³-hybridized carbons (Fsp3) is 0.364. The number of anilines is 1. The molecule has 2 aromatic carbocycles. The molecule has 0 heterocycles. The minimum absolute atomic E-state index is 0.0135. The summed E-state index contributed by atoms with van der Waals surface area (Å²) in [6.45, 7) is 6.68. The first-order valence-corrected chi connectivity index (χ1v) is 10.1. The van der Waals surface area contributed by atoms with Crippen LogP contribution in [0.2, 0.25) is 0 Å². The summed E-state index contributed by atoms with van der Waals surface area (Å²) < 4.78 is 1.04. The minimum Gasteiger partial charge on any atom is -0.352 e. The molecule has 1 fully saturated rings. The molecule has 0 saturated heterocycles. The molecule has 1 aliphatic carbocycles. The van der Waals surface area contributed by atoms with E-state index < -0.39 is 0 Å². The summed E-state index contributed by atoms with van der Waals surface area (Å²) in [7, 11) is 0. The average Bonchev–Trinajstić information content (AvgIpc) is 3.42. The number of benzene rings is 2. The van der Waals surface area contributed by atoms with Gasteiger partial charge in [0.25, 0.3) is 5.91 Å². The Morgan fingerprint density at radius 3 is 2.48 bits per heavy atom. The number of halogens is 1. The molecule has 2 atom stereocenters. The average molecular weight is 429 g/mol. The first-order chi connectivity index (χ1) is 12.8. The van der Waals surface area contributed by atoms with Crippen molar-refractivity contribution in [2.75, 3.05) is 11.9 Å². The van der Waals surface area contributed by atoms with Crippen molar-refractivity contribution >= 4 is 33.4 Å². The Hall–Kier alpha value is -2.14. The van der Waals surface area contributed by atoms with Crippen molar-refractivity contribution in [2.45, 2.75) is 33.1 Å². The van der Waals surface area contributed by atoms with Crippen molar-refractivity contribution in [3.8, 4) is 0 Å². The monoisotopic (exact) mass is 428 g/mol. The van der Waals surface area contributed by atoms with E-state index >= 15 is 0 Å². The molecule has 1 saturated carbocycles. The molecule has 1 aliphatic rings. The summed E-state index contributed by atoms with van der Waals surface area (Å²) >= 11 is 3.44. The molecule has 0 aromatic heterocycles. The van der Waals surface area contributed by atoms with E-state index in [1.807, 2.05) is 31.2 Å². The van der Waals surface area contributed by atoms with Gasteiger partial charge in [0.2, 0.25) is 5.91 Å². The maximum atomic E-state index is 12.6. The topological polar surface area (TPSA) is 58.2 Å². The lowest BCUT2D eigenvalue weighted by atomic mass is 10.1. The van der Waals surface area contributed by atoms with Crippen molar-refractivity contribution in [1.82, 2.24) is 5.32 Å². The Bertz CT molecular complexity index is 846. The van der Waals surface area contributed by atoms with E-state index in [1.165, 1.54) is 5.56 Å². The van der Waals surface area contributed by atoms with Crippen LogP contribution < -0.4 is 10.6 Å². The normalized spacial score (nSPS) is 18.3. The fourth-order valence-corrected chi connectivity index (χ4v) is 3.40. The molecular weight excluding hydrogens is 404 g/mol. The van der Waals surface area contributed by atoms with Gasteiger partial charge in [0.1, 0.15) is 0 Å². The van der Waals surface area contributed by atoms with Crippen LogP contribution in [-0.4, -0.2) is 18.4 Å². The summed E-state index contributed by atoms with van der Waals surface area (Å²) in [6.07, 6.45) is 0.877. The number of aryl methyl sites for hydroxylation is 1. The summed E-state index contributed by atoms with van der Waals surface area (Å²) in [6, 6.07) is 13.6. The van der Waals surface area contributed by atoms with Crippen LogP contribution in [0.25, 0.3) is 0 Å². The quantitative estimate of drug-likeness (QED) is 0.687. The van der Waals surface area contributed by atoms with Gasteiger partial charge in [0.05, 0.1) is 0 Å². The molecular formula is C22H25BrN2O2. The first kappa shape index (κ1) is 19.6. The Morgan fingerprint density at radius 2 is 1.85 bits per heavy atom. The molecule has 2 aromatic rings. The Balaban J connectivity index is 1.60. The smallest absolute Gasteiger partial charge is 0.251 e. The maximum absolute atomic E-state index is 12.6. The molecule has 0 bridgehead atoms. The SMILES string of the molecule is Cc1cc(C(=O)NCC(C)C)ccc1NC(=O)C1CC1c1ccc(Br)cc1. The Labute approximate surface area is 168 Å². The summed E-state index contributed by atoms with van der Waals surface area (Å²) in [5.74, 6) is 0.676. The Morgan fingerprint density at radius 1 is 1.15 bits per heavy atom. The molecule has 0 aliphatic heterocycles. The second kappa shape index (κ2) is 8.26. The van der Waals surface area contributed by atoms with Gasteiger partial charge in [0.15, 0.2) is 0 Å². The molecule has 4 nitrogen and oxygen atoms in total. The van der Waals surface area contributed by atoms with E-state index in [0.29, 0.717) is 23.9 Å². The van der Waals surface area contributed by atoms with Crippen molar-refractivity contribution in [3.05, 3.63) is 63.6 Å². The van der Waals surface area contributed by atoms with Gasteiger partial charge in [-0.25, -0.2) is 0 Å². The molecule has 5 heteroatoms. The highest BCUT2D eigenvalue weighted by atomic mass is 79.9. The molecule has 142 valence electrons. The lowest BCUT2D eigenvalue weighted by Gasteiger charge is -2.11. The van der Waals surface area contributed by atoms with Crippen molar-refractivity contribution in [3.63, 3.8) is 0 Å². The van der Waals surface area contributed by atoms with Gasteiger partial charge >= 0.3 is 0 Å². The van der Waals surface area contributed by atoms with Crippen LogP contribution >= 0.6 is 15.9 Å². The third-order valence-electron chi connectivity index (χ3n) is 4.84. The zero-order chi connectivity index (χ0) is 19.6. The van der Waals surface area contributed by atoms with Crippen molar-refractivity contribution < 1.29 is 9.59 Å².